The molecule has 0 amide bonds. The minimum absolute atomic E-state index is 0.137. The lowest BCUT2D eigenvalue weighted by Gasteiger charge is -2.32. The van der Waals surface area contributed by atoms with Crippen LogP contribution in [0.1, 0.15) is 33.3 Å². The first-order valence-corrected chi connectivity index (χ1v) is 11.0. The van der Waals surface area contributed by atoms with Crippen LogP contribution < -0.4 is 5.46 Å². The predicted molar refractivity (Wildman–Crippen MR) is 112 cm³/mol. The molecule has 0 atom stereocenters. The fourth-order valence-corrected chi connectivity index (χ4v) is 4.74. The Morgan fingerprint density at radius 3 is 2.21 bits per heavy atom. The Morgan fingerprint density at radius 1 is 1.03 bits per heavy atom. The summed E-state index contributed by atoms with van der Waals surface area (Å²) in [6, 6.07) is 6.62. The summed E-state index contributed by atoms with van der Waals surface area (Å²) in [5, 5.41) is 0.529. The maximum Gasteiger partial charge on any atom is 0.497 e. The second-order valence-electron chi connectivity index (χ2n) is 8.15. The molecular formula is C19H21BClN3O4S. The van der Waals surface area contributed by atoms with Crippen LogP contribution in [-0.2, 0) is 19.3 Å². The van der Waals surface area contributed by atoms with Crippen LogP contribution in [0.3, 0.4) is 0 Å². The maximum atomic E-state index is 13.3. The monoisotopic (exact) mass is 433 g/mol. The molecule has 1 aromatic carbocycles. The van der Waals surface area contributed by atoms with Crippen LogP contribution in [0.2, 0.25) is 5.15 Å². The lowest BCUT2D eigenvalue weighted by molar-refractivity contribution is 0.00578. The zero-order valence-electron chi connectivity index (χ0n) is 16.8. The fourth-order valence-electron chi connectivity index (χ4n) is 3.18. The quantitative estimate of drug-likeness (QED) is 0.466. The SMILES string of the molecule is Cc1ccc(S(=O)(=O)n2cc(B3OC(C)(C)C(C)(C)O3)c3c(Cl)ncnc32)cc1. The molecule has 3 heterocycles. The summed E-state index contributed by atoms with van der Waals surface area (Å²) < 4.78 is 40.0. The van der Waals surface area contributed by atoms with E-state index in [1.54, 1.807) is 24.3 Å². The van der Waals surface area contributed by atoms with Crippen molar-refractivity contribution < 1.29 is 17.7 Å². The number of hydrogen-bond acceptors (Lipinski definition) is 6. The van der Waals surface area contributed by atoms with E-state index in [-0.39, 0.29) is 15.7 Å². The highest BCUT2D eigenvalue weighted by Gasteiger charge is 2.53. The van der Waals surface area contributed by atoms with Crippen molar-refractivity contribution in [1.82, 2.24) is 13.9 Å². The molecule has 152 valence electrons. The van der Waals surface area contributed by atoms with E-state index in [9.17, 15) is 8.42 Å². The van der Waals surface area contributed by atoms with Crippen LogP contribution in [-0.4, -0.2) is 40.7 Å². The topological polar surface area (TPSA) is 83.3 Å². The van der Waals surface area contributed by atoms with Gasteiger partial charge in [-0.3, -0.25) is 0 Å². The minimum atomic E-state index is -3.91. The molecule has 1 saturated heterocycles. The van der Waals surface area contributed by atoms with E-state index in [0.29, 0.717) is 10.8 Å². The van der Waals surface area contributed by atoms with Crippen molar-refractivity contribution in [3.63, 3.8) is 0 Å². The Labute approximate surface area is 175 Å². The number of nitrogens with zero attached hydrogens (tertiary/aromatic N) is 3. The van der Waals surface area contributed by atoms with Gasteiger partial charge in [0, 0.05) is 11.7 Å². The van der Waals surface area contributed by atoms with Crippen molar-refractivity contribution >= 4 is 45.2 Å². The van der Waals surface area contributed by atoms with Gasteiger partial charge in [-0.25, -0.2) is 22.4 Å². The summed E-state index contributed by atoms with van der Waals surface area (Å²) in [6.07, 6.45) is 2.70. The highest BCUT2D eigenvalue weighted by Crippen LogP contribution is 2.37. The van der Waals surface area contributed by atoms with Crippen molar-refractivity contribution in [2.75, 3.05) is 0 Å². The van der Waals surface area contributed by atoms with E-state index in [1.165, 1.54) is 12.5 Å². The van der Waals surface area contributed by atoms with Crippen molar-refractivity contribution in [2.24, 2.45) is 0 Å². The lowest BCUT2D eigenvalue weighted by atomic mass is 9.79. The number of benzene rings is 1. The summed E-state index contributed by atoms with van der Waals surface area (Å²) in [6.45, 7) is 9.59. The number of hydrogen-bond donors (Lipinski definition) is 0. The number of halogens is 1. The number of aryl methyl sites for hydroxylation is 1. The van der Waals surface area contributed by atoms with E-state index in [4.69, 9.17) is 20.9 Å². The fraction of sp³-hybridized carbons (Fsp3) is 0.368. The van der Waals surface area contributed by atoms with E-state index < -0.39 is 28.3 Å². The van der Waals surface area contributed by atoms with E-state index in [0.717, 1.165) is 9.54 Å². The van der Waals surface area contributed by atoms with Crippen LogP contribution in [0.5, 0.6) is 0 Å². The number of fused-ring (bicyclic) bond motifs is 1. The molecule has 1 fully saturated rings. The highest BCUT2D eigenvalue weighted by molar-refractivity contribution is 7.90. The van der Waals surface area contributed by atoms with Crippen molar-refractivity contribution in [1.29, 1.82) is 0 Å². The minimum Gasteiger partial charge on any atom is -0.399 e. The van der Waals surface area contributed by atoms with Crippen molar-refractivity contribution in [3.05, 3.63) is 47.5 Å². The summed E-state index contributed by atoms with van der Waals surface area (Å²) in [5.41, 5.74) is 0.425. The van der Waals surface area contributed by atoms with Gasteiger partial charge in [-0.15, -0.1) is 0 Å². The number of rotatable bonds is 3. The van der Waals surface area contributed by atoms with Crippen molar-refractivity contribution in [3.8, 4) is 0 Å². The Balaban J connectivity index is 1.92. The first-order valence-electron chi connectivity index (χ1n) is 9.13. The first kappa shape index (κ1) is 20.3. The van der Waals surface area contributed by atoms with Gasteiger partial charge in [-0.1, -0.05) is 29.3 Å². The van der Waals surface area contributed by atoms with Gasteiger partial charge in [0.05, 0.1) is 21.5 Å². The van der Waals surface area contributed by atoms with Crippen molar-refractivity contribution in [2.45, 2.75) is 50.7 Å². The largest absolute Gasteiger partial charge is 0.497 e. The second-order valence-corrected chi connectivity index (χ2v) is 10.3. The van der Waals surface area contributed by atoms with Crippen LogP contribution >= 0.6 is 11.6 Å². The summed E-state index contributed by atoms with van der Waals surface area (Å²) >= 11 is 6.34. The van der Waals surface area contributed by atoms with Crippen LogP contribution in [0.4, 0.5) is 0 Å². The number of aromatic nitrogens is 3. The molecule has 0 bridgehead atoms. The molecule has 0 N–H and O–H groups in total. The Morgan fingerprint density at radius 2 is 1.62 bits per heavy atom. The third kappa shape index (κ3) is 3.16. The van der Waals surface area contributed by atoms with E-state index >= 15 is 0 Å². The summed E-state index contributed by atoms with van der Waals surface area (Å²) in [5.74, 6) is 0. The Hall–Kier alpha value is -1.94. The summed E-state index contributed by atoms with van der Waals surface area (Å²) in [7, 11) is -4.71. The van der Waals surface area contributed by atoms with Gasteiger partial charge in [-0.05, 0) is 46.8 Å². The third-order valence-corrected chi connectivity index (χ3v) is 7.57. The molecule has 2 aromatic heterocycles. The second kappa shape index (κ2) is 6.53. The average Bonchev–Trinajstić information content (AvgIpc) is 3.12. The van der Waals surface area contributed by atoms with E-state index in [2.05, 4.69) is 9.97 Å². The van der Waals surface area contributed by atoms with Gasteiger partial charge in [0.15, 0.2) is 5.65 Å². The predicted octanol–water partition coefficient (Wildman–Crippen LogP) is 2.93. The zero-order valence-corrected chi connectivity index (χ0v) is 18.4. The molecule has 7 nitrogen and oxygen atoms in total. The van der Waals surface area contributed by atoms with Gasteiger partial charge in [0.1, 0.15) is 11.5 Å². The molecule has 0 aliphatic carbocycles. The Kier molecular flexibility index (Phi) is 4.58. The average molecular weight is 434 g/mol. The first-order chi connectivity index (χ1) is 13.4. The third-order valence-electron chi connectivity index (χ3n) is 5.62. The normalized spacial score (nSPS) is 18.5. The van der Waals surface area contributed by atoms with E-state index in [1.807, 2.05) is 34.6 Å². The molecule has 3 aromatic rings. The molecule has 0 radical (unpaired) electrons. The molecule has 29 heavy (non-hydrogen) atoms. The molecule has 0 saturated carbocycles. The Bertz CT molecular complexity index is 1190. The summed E-state index contributed by atoms with van der Waals surface area (Å²) in [4.78, 5) is 8.37. The van der Waals surface area contributed by atoms with Gasteiger partial charge >= 0.3 is 7.12 Å². The van der Waals surface area contributed by atoms with Crippen LogP contribution in [0, 0.1) is 6.92 Å². The van der Waals surface area contributed by atoms with Gasteiger partial charge < -0.3 is 9.31 Å². The maximum absolute atomic E-state index is 13.3. The lowest BCUT2D eigenvalue weighted by Crippen LogP contribution is -2.41. The van der Waals surface area contributed by atoms with Crippen LogP contribution in [0.15, 0.2) is 41.7 Å². The molecule has 10 heteroatoms. The zero-order chi connectivity index (χ0) is 21.2. The highest BCUT2D eigenvalue weighted by atomic mass is 35.5. The van der Waals surface area contributed by atoms with Gasteiger partial charge in [-0.2, -0.15) is 0 Å². The molecular weight excluding hydrogens is 413 g/mol. The van der Waals surface area contributed by atoms with Crippen LogP contribution in [0.25, 0.3) is 11.0 Å². The smallest absolute Gasteiger partial charge is 0.399 e. The molecule has 1 aliphatic rings. The van der Waals surface area contributed by atoms with Gasteiger partial charge in [0.2, 0.25) is 0 Å². The standard InChI is InChI=1S/C19H21BClN3O4S/c1-12-6-8-13(9-7-12)29(25,26)24-10-14(15-16(21)22-11-23-17(15)24)20-27-18(2,3)19(4,5)28-20/h6-11H,1-5H3. The molecule has 0 spiro atoms. The molecule has 1 aliphatic heterocycles. The molecule has 4 rings (SSSR count). The van der Waals surface area contributed by atoms with Gasteiger partial charge in [0.25, 0.3) is 10.0 Å². The molecule has 0 unspecified atom stereocenters.